The Hall–Kier alpha value is -2.76. The van der Waals surface area contributed by atoms with Gasteiger partial charge in [0.25, 0.3) is 5.91 Å². The van der Waals surface area contributed by atoms with Crippen LogP contribution in [0, 0.1) is 11.8 Å². The number of likely N-dealkylation sites (tertiary alicyclic amines) is 1. The minimum atomic E-state index is -0.188. The number of furan rings is 1. The van der Waals surface area contributed by atoms with Gasteiger partial charge in [-0.15, -0.1) is 0 Å². The smallest absolute Gasteiger partial charge is 0.289 e. The lowest BCUT2D eigenvalue weighted by Gasteiger charge is -2.32. The molecule has 6 nitrogen and oxygen atoms in total. The van der Waals surface area contributed by atoms with Crippen LogP contribution in [-0.2, 0) is 4.79 Å². The minimum absolute atomic E-state index is 0.0227. The molecule has 2 aliphatic rings. The van der Waals surface area contributed by atoms with Gasteiger partial charge in [-0.05, 0) is 61.4 Å². The molecule has 0 unspecified atom stereocenters. The van der Waals surface area contributed by atoms with Crippen LogP contribution in [0.3, 0.4) is 0 Å². The molecule has 4 rings (SSSR count). The molecule has 1 aromatic carbocycles. The van der Waals surface area contributed by atoms with Gasteiger partial charge >= 0.3 is 0 Å². The van der Waals surface area contributed by atoms with Crippen molar-refractivity contribution in [3.8, 4) is 5.75 Å². The summed E-state index contributed by atoms with van der Waals surface area (Å²) >= 11 is 0. The number of carbonyl (C=O) groups is 2. The van der Waals surface area contributed by atoms with Gasteiger partial charge in [0, 0.05) is 13.1 Å². The molecule has 1 aliphatic carbocycles. The highest BCUT2D eigenvalue weighted by Crippen LogP contribution is 2.41. The SMILES string of the molecule is COc1ccc([C@@H](NC(=O)[C@@H]2CCCN(C(=O)c3ccco3)C2)C2CC2)cc1. The number of ether oxygens (including phenoxy) is 1. The molecule has 2 aromatic rings. The van der Waals surface area contributed by atoms with E-state index in [1.54, 1.807) is 24.1 Å². The van der Waals surface area contributed by atoms with Crippen molar-refractivity contribution in [2.24, 2.45) is 11.8 Å². The van der Waals surface area contributed by atoms with Crippen LogP contribution in [0.2, 0.25) is 0 Å². The fourth-order valence-corrected chi connectivity index (χ4v) is 3.92. The van der Waals surface area contributed by atoms with E-state index in [-0.39, 0.29) is 23.8 Å². The number of carbonyl (C=O) groups excluding carboxylic acids is 2. The van der Waals surface area contributed by atoms with E-state index in [4.69, 9.17) is 9.15 Å². The first kappa shape index (κ1) is 18.6. The van der Waals surface area contributed by atoms with Gasteiger partial charge in [-0.1, -0.05) is 12.1 Å². The average molecular weight is 382 g/mol. The lowest BCUT2D eigenvalue weighted by atomic mass is 9.95. The topological polar surface area (TPSA) is 71.8 Å². The van der Waals surface area contributed by atoms with Crippen LogP contribution in [0.1, 0.15) is 47.8 Å². The fourth-order valence-electron chi connectivity index (χ4n) is 3.92. The second kappa shape index (κ2) is 8.09. The van der Waals surface area contributed by atoms with Crippen molar-refractivity contribution in [3.05, 3.63) is 54.0 Å². The van der Waals surface area contributed by atoms with Crippen molar-refractivity contribution in [1.82, 2.24) is 10.2 Å². The van der Waals surface area contributed by atoms with Crippen molar-refractivity contribution in [2.45, 2.75) is 31.7 Å². The summed E-state index contributed by atoms with van der Waals surface area (Å²) in [5, 5.41) is 3.26. The van der Waals surface area contributed by atoms with Gasteiger partial charge in [0.2, 0.25) is 5.91 Å². The van der Waals surface area contributed by atoms with E-state index >= 15 is 0 Å². The second-order valence-electron chi connectivity index (χ2n) is 7.66. The Morgan fingerprint density at radius 2 is 1.96 bits per heavy atom. The molecule has 0 bridgehead atoms. The van der Waals surface area contributed by atoms with Crippen LogP contribution in [0.15, 0.2) is 47.1 Å². The van der Waals surface area contributed by atoms with Crippen LogP contribution in [0.25, 0.3) is 0 Å². The Kier molecular flexibility index (Phi) is 5.37. The summed E-state index contributed by atoms with van der Waals surface area (Å²) in [6.07, 6.45) is 5.38. The molecule has 28 heavy (non-hydrogen) atoms. The number of hydrogen-bond donors (Lipinski definition) is 1. The first-order chi connectivity index (χ1) is 13.7. The maximum absolute atomic E-state index is 13.0. The molecule has 2 atom stereocenters. The molecule has 0 radical (unpaired) electrons. The zero-order valence-electron chi connectivity index (χ0n) is 16.1. The molecule has 2 fully saturated rings. The van der Waals surface area contributed by atoms with E-state index in [0.29, 0.717) is 24.8 Å². The largest absolute Gasteiger partial charge is 0.497 e. The van der Waals surface area contributed by atoms with Crippen LogP contribution in [-0.4, -0.2) is 36.9 Å². The van der Waals surface area contributed by atoms with E-state index in [1.807, 2.05) is 24.3 Å². The van der Waals surface area contributed by atoms with Crippen molar-refractivity contribution in [1.29, 1.82) is 0 Å². The molecule has 1 saturated carbocycles. The molecule has 148 valence electrons. The van der Waals surface area contributed by atoms with Gasteiger partial charge in [-0.3, -0.25) is 9.59 Å². The van der Waals surface area contributed by atoms with Crippen molar-refractivity contribution >= 4 is 11.8 Å². The molecule has 1 saturated heterocycles. The lowest BCUT2D eigenvalue weighted by molar-refractivity contribution is -0.127. The van der Waals surface area contributed by atoms with Gasteiger partial charge in [-0.2, -0.15) is 0 Å². The molecular formula is C22H26N2O4. The number of amides is 2. The molecule has 1 aromatic heterocycles. The Balaban J connectivity index is 1.41. The fraction of sp³-hybridized carbons (Fsp3) is 0.455. The van der Waals surface area contributed by atoms with Crippen LogP contribution >= 0.6 is 0 Å². The normalized spacial score (nSPS) is 20.5. The summed E-state index contributed by atoms with van der Waals surface area (Å²) in [7, 11) is 1.65. The Bertz CT molecular complexity index is 812. The average Bonchev–Trinajstić information content (AvgIpc) is 3.44. The quantitative estimate of drug-likeness (QED) is 0.831. The summed E-state index contributed by atoms with van der Waals surface area (Å²) in [4.78, 5) is 27.3. The third kappa shape index (κ3) is 4.06. The first-order valence-electron chi connectivity index (χ1n) is 9.93. The summed E-state index contributed by atoms with van der Waals surface area (Å²) in [5.41, 5.74) is 1.11. The van der Waals surface area contributed by atoms with Crippen LogP contribution < -0.4 is 10.1 Å². The van der Waals surface area contributed by atoms with Gasteiger partial charge < -0.3 is 19.4 Å². The number of methoxy groups -OCH3 is 1. The monoisotopic (exact) mass is 382 g/mol. The van der Waals surface area contributed by atoms with E-state index < -0.39 is 0 Å². The number of nitrogens with zero attached hydrogens (tertiary/aromatic N) is 1. The predicted molar refractivity (Wildman–Crippen MR) is 104 cm³/mol. The maximum Gasteiger partial charge on any atom is 0.289 e. The highest BCUT2D eigenvalue weighted by atomic mass is 16.5. The zero-order valence-corrected chi connectivity index (χ0v) is 16.1. The van der Waals surface area contributed by atoms with Crippen LogP contribution in [0.4, 0.5) is 0 Å². The highest BCUT2D eigenvalue weighted by molar-refractivity contribution is 5.92. The summed E-state index contributed by atoms with van der Waals surface area (Å²) < 4.78 is 10.5. The number of piperidine rings is 1. The highest BCUT2D eigenvalue weighted by Gasteiger charge is 2.36. The minimum Gasteiger partial charge on any atom is -0.497 e. The van der Waals surface area contributed by atoms with Crippen molar-refractivity contribution in [2.75, 3.05) is 20.2 Å². The molecule has 1 aliphatic heterocycles. The van der Waals surface area contributed by atoms with Gasteiger partial charge in [0.1, 0.15) is 5.75 Å². The standard InChI is InChI=1S/C22H26N2O4/c1-27-18-10-8-16(9-11-18)20(15-6-7-15)23-21(25)17-4-2-12-24(14-17)22(26)19-5-3-13-28-19/h3,5,8-11,13,15,17,20H,2,4,6-7,12,14H2,1H3,(H,23,25)/t17-,20+/m1/s1. The number of benzene rings is 1. The zero-order chi connectivity index (χ0) is 19.5. The Morgan fingerprint density at radius 3 is 2.61 bits per heavy atom. The van der Waals surface area contributed by atoms with Gasteiger partial charge in [0.15, 0.2) is 5.76 Å². The van der Waals surface area contributed by atoms with Crippen molar-refractivity contribution < 1.29 is 18.7 Å². The molecular weight excluding hydrogens is 356 g/mol. The molecule has 6 heteroatoms. The molecule has 2 heterocycles. The van der Waals surface area contributed by atoms with E-state index in [2.05, 4.69) is 5.32 Å². The van der Waals surface area contributed by atoms with E-state index in [9.17, 15) is 9.59 Å². The molecule has 0 spiro atoms. The van der Waals surface area contributed by atoms with E-state index in [0.717, 1.165) is 37.0 Å². The number of hydrogen-bond acceptors (Lipinski definition) is 4. The van der Waals surface area contributed by atoms with Crippen LogP contribution in [0.5, 0.6) is 5.75 Å². The van der Waals surface area contributed by atoms with Gasteiger partial charge in [0.05, 0.1) is 25.3 Å². The Labute approximate surface area is 164 Å². The third-order valence-corrected chi connectivity index (χ3v) is 5.68. The number of rotatable bonds is 6. The Morgan fingerprint density at radius 1 is 1.18 bits per heavy atom. The summed E-state index contributed by atoms with van der Waals surface area (Å²) in [6.45, 7) is 1.10. The third-order valence-electron chi connectivity index (χ3n) is 5.68. The van der Waals surface area contributed by atoms with Gasteiger partial charge in [-0.25, -0.2) is 0 Å². The molecule has 2 amide bonds. The summed E-state index contributed by atoms with van der Waals surface area (Å²) in [5.74, 6) is 1.33. The number of nitrogens with one attached hydrogen (secondary N) is 1. The molecule has 1 N–H and O–H groups in total. The maximum atomic E-state index is 13.0. The van der Waals surface area contributed by atoms with Crippen molar-refractivity contribution in [3.63, 3.8) is 0 Å². The lowest BCUT2D eigenvalue weighted by Crippen LogP contribution is -2.46. The predicted octanol–water partition coefficient (Wildman–Crippen LogP) is 3.41. The second-order valence-corrected chi connectivity index (χ2v) is 7.66. The first-order valence-corrected chi connectivity index (χ1v) is 9.93. The summed E-state index contributed by atoms with van der Waals surface area (Å²) in [6, 6.07) is 11.3. The van der Waals surface area contributed by atoms with E-state index in [1.165, 1.54) is 6.26 Å².